The van der Waals surface area contributed by atoms with E-state index in [4.69, 9.17) is 0 Å². The number of aromatic nitrogens is 3. The average Bonchev–Trinajstić information content (AvgIpc) is 2.85. The molecule has 27 heavy (non-hydrogen) atoms. The highest BCUT2D eigenvalue weighted by Gasteiger charge is 2.29. The molecule has 1 aliphatic rings. The van der Waals surface area contributed by atoms with Gasteiger partial charge < -0.3 is 10.2 Å². The van der Waals surface area contributed by atoms with Gasteiger partial charge in [-0.2, -0.15) is 5.10 Å². The van der Waals surface area contributed by atoms with E-state index in [9.17, 15) is 4.79 Å². The van der Waals surface area contributed by atoms with Crippen LogP contribution in [0.4, 0.5) is 0 Å². The van der Waals surface area contributed by atoms with Crippen LogP contribution in [0.15, 0.2) is 30.6 Å². The first-order chi connectivity index (χ1) is 12.9. The maximum absolute atomic E-state index is 13.5. The fourth-order valence-electron chi connectivity index (χ4n) is 3.80. The van der Waals surface area contributed by atoms with Gasteiger partial charge in [0.1, 0.15) is 0 Å². The number of nitrogens with zero attached hydrogens (tertiary/aromatic N) is 4. The van der Waals surface area contributed by atoms with Crippen LogP contribution in [0.5, 0.6) is 0 Å². The van der Waals surface area contributed by atoms with Gasteiger partial charge in [0.15, 0.2) is 0 Å². The number of carbonyl (C=O) groups is 1. The number of rotatable bonds is 4. The third-order valence-corrected chi connectivity index (χ3v) is 5.18. The van der Waals surface area contributed by atoms with E-state index in [1.54, 1.807) is 12.4 Å². The van der Waals surface area contributed by atoms with Gasteiger partial charge in [-0.3, -0.25) is 14.5 Å². The maximum Gasteiger partial charge on any atom is 0.257 e. The molecule has 0 spiro atoms. The van der Waals surface area contributed by atoms with E-state index < -0.39 is 0 Å². The molecule has 1 unspecified atom stereocenters. The molecule has 1 amide bonds. The van der Waals surface area contributed by atoms with Crippen LogP contribution in [0.3, 0.4) is 0 Å². The van der Waals surface area contributed by atoms with Crippen LogP contribution in [0.1, 0.15) is 61.8 Å². The Morgan fingerprint density at radius 3 is 2.78 bits per heavy atom. The van der Waals surface area contributed by atoms with Gasteiger partial charge >= 0.3 is 0 Å². The monoisotopic (exact) mass is 369 g/mol. The van der Waals surface area contributed by atoms with E-state index in [2.05, 4.69) is 36.2 Å². The maximum atomic E-state index is 13.5. The zero-order valence-electron chi connectivity index (χ0n) is 16.9. The van der Waals surface area contributed by atoms with Crippen LogP contribution in [0, 0.1) is 6.92 Å². The molecule has 146 valence electrons. The summed E-state index contributed by atoms with van der Waals surface area (Å²) in [7, 11) is 0. The summed E-state index contributed by atoms with van der Waals surface area (Å²) < 4.78 is 1.94. The normalized spacial score (nSPS) is 18.1. The quantitative estimate of drug-likeness (QED) is 0.899. The van der Waals surface area contributed by atoms with Crippen molar-refractivity contribution in [2.24, 2.45) is 0 Å². The predicted octanol–water partition coefficient (Wildman–Crippen LogP) is 3.13. The van der Waals surface area contributed by atoms with Crippen molar-refractivity contribution in [3.63, 3.8) is 0 Å². The van der Waals surface area contributed by atoms with E-state index in [1.807, 2.05) is 34.7 Å². The molecule has 1 fully saturated rings. The Morgan fingerprint density at radius 1 is 1.30 bits per heavy atom. The van der Waals surface area contributed by atoms with Crippen LogP contribution in [0.25, 0.3) is 0 Å². The van der Waals surface area contributed by atoms with Crippen molar-refractivity contribution >= 4 is 5.91 Å². The molecule has 0 bridgehead atoms. The standard InChI is InChI=1S/C21H31N5O/c1-16-19(14-24-26(16)21(2,3)4)20(27)25(15-17-8-5-6-12-23-17)18-9-7-11-22-13-10-18/h5-6,8,12,14,18,22H,7,9-11,13,15H2,1-4H3. The van der Waals surface area contributed by atoms with Gasteiger partial charge in [-0.1, -0.05) is 6.07 Å². The lowest BCUT2D eigenvalue weighted by molar-refractivity contribution is 0.0641. The van der Waals surface area contributed by atoms with Crippen molar-refractivity contribution in [2.75, 3.05) is 13.1 Å². The Balaban J connectivity index is 1.91. The Morgan fingerprint density at radius 2 is 2.11 bits per heavy atom. The molecule has 6 nitrogen and oxygen atoms in total. The molecule has 2 aromatic heterocycles. The molecule has 0 radical (unpaired) electrons. The largest absolute Gasteiger partial charge is 0.330 e. The summed E-state index contributed by atoms with van der Waals surface area (Å²) >= 11 is 0. The second kappa shape index (κ2) is 8.21. The summed E-state index contributed by atoms with van der Waals surface area (Å²) in [5.74, 6) is 0.0561. The van der Waals surface area contributed by atoms with Gasteiger partial charge in [0.2, 0.25) is 0 Å². The summed E-state index contributed by atoms with van der Waals surface area (Å²) in [5, 5.41) is 7.94. The second-order valence-corrected chi connectivity index (χ2v) is 8.32. The van der Waals surface area contributed by atoms with Crippen LogP contribution in [0.2, 0.25) is 0 Å². The van der Waals surface area contributed by atoms with Gasteiger partial charge in [-0.05, 0) is 72.2 Å². The van der Waals surface area contributed by atoms with Gasteiger partial charge in [0.25, 0.3) is 5.91 Å². The molecule has 6 heteroatoms. The van der Waals surface area contributed by atoms with Crippen LogP contribution < -0.4 is 5.32 Å². The fourth-order valence-corrected chi connectivity index (χ4v) is 3.80. The van der Waals surface area contributed by atoms with Crippen molar-refractivity contribution in [3.8, 4) is 0 Å². The third kappa shape index (κ3) is 4.56. The first kappa shape index (κ1) is 19.5. The van der Waals surface area contributed by atoms with E-state index in [0.717, 1.165) is 43.7 Å². The molecule has 0 aromatic carbocycles. The molecule has 1 aliphatic heterocycles. The van der Waals surface area contributed by atoms with Crippen molar-refractivity contribution in [2.45, 2.75) is 65.1 Å². The fraction of sp³-hybridized carbons (Fsp3) is 0.571. The minimum atomic E-state index is -0.152. The lowest BCUT2D eigenvalue weighted by atomic mass is 10.0. The van der Waals surface area contributed by atoms with Gasteiger partial charge in [-0.15, -0.1) is 0 Å². The summed E-state index contributed by atoms with van der Waals surface area (Å²) in [6, 6.07) is 6.08. The van der Waals surface area contributed by atoms with Crippen LogP contribution in [-0.4, -0.2) is 44.7 Å². The highest BCUT2D eigenvalue weighted by molar-refractivity contribution is 5.95. The lowest BCUT2D eigenvalue weighted by Gasteiger charge is -2.31. The van der Waals surface area contributed by atoms with Crippen molar-refractivity contribution in [1.82, 2.24) is 25.0 Å². The number of pyridine rings is 1. The van der Waals surface area contributed by atoms with Crippen molar-refractivity contribution in [1.29, 1.82) is 0 Å². The summed E-state index contributed by atoms with van der Waals surface area (Å²) in [5.41, 5.74) is 2.38. The Bertz CT molecular complexity index is 755. The third-order valence-electron chi connectivity index (χ3n) is 5.18. The molecule has 1 saturated heterocycles. The summed E-state index contributed by atoms with van der Waals surface area (Å²) in [6.45, 7) is 10.8. The minimum absolute atomic E-state index is 0.0561. The average molecular weight is 370 g/mol. The zero-order valence-corrected chi connectivity index (χ0v) is 16.9. The minimum Gasteiger partial charge on any atom is -0.330 e. The highest BCUT2D eigenvalue weighted by Crippen LogP contribution is 2.23. The smallest absolute Gasteiger partial charge is 0.257 e. The van der Waals surface area contributed by atoms with Crippen molar-refractivity contribution < 1.29 is 4.79 Å². The lowest BCUT2D eigenvalue weighted by Crippen LogP contribution is -2.41. The summed E-state index contributed by atoms with van der Waals surface area (Å²) in [4.78, 5) is 20.0. The number of hydrogen-bond acceptors (Lipinski definition) is 4. The predicted molar refractivity (Wildman–Crippen MR) is 107 cm³/mol. The van der Waals surface area contributed by atoms with E-state index >= 15 is 0 Å². The molecular formula is C21H31N5O. The number of hydrogen-bond donors (Lipinski definition) is 1. The van der Waals surface area contributed by atoms with E-state index in [0.29, 0.717) is 12.1 Å². The molecule has 1 N–H and O–H groups in total. The zero-order chi connectivity index (χ0) is 19.4. The topological polar surface area (TPSA) is 63.1 Å². The molecule has 0 saturated carbocycles. The van der Waals surface area contributed by atoms with Crippen molar-refractivity contribution in [3.05, 3.63) is 47.5 Å². The molecule has 0 aliphatic carbocycles. The van der Waals surface area contributed by atoms with E-state index in [1.165, 1.54) is 0 Å². The number of carbonyl (C=O) groups excluding carboxylic acids is 1. The Labute approximate surface area is 162 Å². The Hall–Kier alpha value is -2.21. The second-order valence-electron chi connectivity index (χ2n) is 8.32. The van der Waals surface area contributed by atoms with Gasteiger partial charge in [0.05, 0.1) is 29.5 Å². The van der Waals surface area contributed by atoms with Gasteiger partial charge in [0, 0.05) is 17.9 Å². The van der Waals surface area contributed by atoms with E-state index in [-0.39, 0.29) is 17.5 Å². The van der Waals surface area contributed by atoms with Crippen LogP contribution >= 0.6 is 0 Å². The van der Waals surface area contributed by atoms with Gasteiger partial charge in [-0.25, -0.2) is 0 Å². The molecule has 1 atom stereocenters. The number of amides is 1. The first-order valence-corrected chi connectivity index (χ1v) is 9.84. The summed E-state index contributed by atoms with van der Waals surface area (Å²) in [6.07, 6.45) is 6.57. The number of nitrogens with one attached hydrogen (secondary N) is 1. The Kier molecular flexibility index (Phi) is 5.95. The SMILES string of the molecule is Cc1c(C(=O)N(Cc2ccccn2)C2CCCNCC2)cnn1C(C)(C)C. The van der Waals surface area contributed by atoms with Crippen LogP contribution in [-0.2, 0) is 12.1 Å². The molecular weight excluding hydrogens is 338 g/mol. The molecule has 2 aromatic rings. The highest BCUT2D eigenvalue weighted by atomic mass is 16.2. The molecule has 3 rings (SSSR count). The first-order valence-electron chi connectivity index (χ1n) is 9.84. The molecule has 3 heterocycles.